The van der Waals surface area contributed by atoms with Crippen molar-refractivity contribution in [3.8, 4) is 0 Å². The molecular formula is C11H19F2N3O3. The largest absolute Gasteiger partial charge is 0.481 e. The number of halogens is 2. The second-order valence-electron chi connectivity index (χ2n) is 4.86. The molecule has 1 aliphatic rings. The Kier molecular flexibility index (Phi) is 6.10. The van der Waals surface area contributed by atoms with Crippen molar-refractivity contribution in [3.05, 3.63) is 0 Å². The van der Waals surface area contributed by atoms with Gasteiger partial charge in [0.1, 0.15) is 0 Å². The summed E-state index contributed by atoms with van der Waals surface area (Å²) in [4.78, 5) is 23.3. The molecule has 1 heterocycles. The molecule has 4 N–H and O–H groups in total. The van der Waals surface area contributed by atoms with Crippen LogP contribution in [0.5, 0.6) is 0 Å². The Labute approximate surface area is 109 Å². The molecule has 8 heteroatoms. The second kappa shape index (κ2) is 7.34. The number of carbonyl (C=O) groups is 2. The van der Waals surface area contributed by atoms with Gasteiger partial charge in [0.15, 0.2) is 0 Å². The fraction of sp³-hybridized carbons (Fsp3) is 0.818. The summed E-state index contributed by atoms with van der Waals surface area (Å²) in [5, 5.41) is 11.5. The van der Waals surface area contributed by atoms with Crippen LogP contribution in [0.25, 0.3) is 0 Å². The molecule has 0 bridgehead atoms. The zero-order valence-electron chi connectivity index (χ0n) is 10.5. The van der Waals surface area contributed by atoms with Gasteiger partial charge in [-0.3, -0.25) is 14.5 Å². The molecule has 110 valence electrons. The van der Waals surface area contributed by atoms with E-state index in [9.17, 15) is 18.4 Å². The third kappa shape index (κ3) is 6.44. The van der Waals surface area contributed by atoms with Crippen molar-refractivity contribution in [1.29, 1.82) is 0 Å². The highest BCUT2D eigenvalue weighted by molar-refractivity contribution is 5.76. The molecule has 6 nitrogen and oxygen atoms in total. The van der Waals surface area contributed by atoms with Crippen molar-refractivity contribution in [1.82, 2.24) is 10.2 Å². The predicted octanol–water partition coefficient (Wildman–Crippen LogP) is -0.508. The molecular weight excluding hydrogens is 260 g/mol. The molecule has 2 unspecified atom stereocenters. The summed E-state index contributed by atoms with van der Waals surface area (Å²) in [5.74, 6) is -1.61. The van der Waals surface area contributed by atoms with Gasteiger partial charge in [-0.1, -0.05) is 0 Å². The standard InChI is InChI=1S/C11H19F2N3O3/c12-9(13)3-15-8-1-7(2-11(18)19)4-16(5-8)6-10(14)17/h7-9,15H,1-6H2,(H2,14,17)(H,18,19). The Bertz CT molecular complexity index is 304. The van der Waals surface area contributed by atoms with Crippen LogP contribution in [-0.2, 0) is 9.59 Å². The van der Waals surface area contributed by atoms with Gasteiger partial charge in [-0.25, -0.2) is 8.78 Å². The van der Waals surface area contributed by atoms with E-state index in [0.29, 0.717) is 19.5 Å². The predicted molar refractivity (Wildman–Crippen MR) is 63.8 cm³/mol. The molecule has 0 spiro atoms. The fourth-order valence-electron chi connectivity index (χ4n) is 2.45. The van der Waals surface area contributed by atoms with E-state index in [1.54, 1.807) is 4.90 Å². The highest BCUT2D eigenvalue weighted by Gasteiger charge is 2.29. The molecule has 1 fully saturated rings. The quantitative estimate of drug-likeness (QED) is 0.583. The fourth-order valence-corrected chi connectivity index (χ4v) is 2.45. The first-order valence-corrected chi connectivity index (χ1v) is 6.10. The first kappa shape index (κ1) is 15.8. The molecule has 19 heavy (non-hydrogen) atoms. The molecule has 1 rings (SSSR count). The maximum atomic E-state index is 12.2. The van der Waals surface area contributed by atoms with Gasteiger partial charge in [0.05, 0.1) is 13.1 Å². The van der Waals surface area contributed by atoms with Crippen molar-refractivity contribution >= 4 is 11.9 Å². The third-order valence-corrected chi connectivity index (χ3v) is 3.02. The zero-order chi connectivity index (χ0) is 14.4. The minimum Gasteiger partial charge on any atom is -0.481 e. The van der Waals surface area contributed by atoms with E-state index in [1.165, 1.54) is 0 Å². The number of alkyl halides is 2. The number of primary amides is 1. The highest BCUT2D eigenvalue weighted by atomic mass is 19.3. The third-order valence-electron chi connectivity index (χ3n) is 3.02. The average Bonchev–Trinajstić information content (AvgIpc) is 2.24. The maximum absolute atomic E-state index is 12.2. The number of likely N-dealkylation sites (tertiary alicyclic amines) is 1. The molecule has 0 aromatic carbocycles. The SMILES string of the molecule is NC(=O)CN1CC(CC(=O)O)CC(NCC(F)F)C1. The Morgan fingerprint density at radius 1 is 1.42 bits per heavy atom. The van der Waals surface area contributed by atoms with Crippen molar-refractivity contribution in [2.45, 2.75) is 25.3 Å². The number of piperidine rings is 1. The Morgan fingerprint density at radius 3 is 2.63 bits per heavy atom. The van der Waals surface area contributed by atoms with Gasteiger partial charge in [-0.05, 0) is 12.3 Å². The van der Waals surface area contributed by atoms with Crippen molar-refractivity contribution in [3.63, 3.8) is 0 Å². The lowest BCUT2D eigenvalue weighted by atomic mass is 9.91. The van der Waals surface area contributed by atoms with Crippen molar-refractivity contribution in [2.24, 2.45) is 11.7 Å². The Hall–Kier alpha value is -1.28. The van der Waals surface area contributed by atoms with E-state index in [4.69, 9.17) is 10.8 Å². The molecule has 1 amide bonds. The summed E-state index contributed by atoms with van der Waals surface area (Å²) in [7, 11) is 0. The molecule has 0 aromatic heterocycles. The van der Waals surface area contributed by atoms with Gasteiger partial charge in [0.2, 0.25) is 5.91 Å². The number of amides is 1. The van der Waals surface area contributed by atoms with E-state index in [2.05, 4.69) is 5.32 Å². The van der Waals surface area contributed by atoms with Crippen LogP contribution in [0.4, 0.5) is 8.78 Å². The summed E-state index contributed by atoms with van der Waals surface area (Å²) in [5.41, 5.74) is 5.10. The van der Waals surface area contributed by atoms with E-state index >= 15 is 0 Å². The van der Waals surface area contributed by atoms with E-state index < -0.39 is 24.8 Å². The van der Waals surface area contributed by atoms with Gasteiger partial charge >= 0.3 is 5.97 Å². The van der Waals surface area contributed by atoms with Gasteiger partial charge in [-0.2, -0.15) is 0 Å². The average molecular weight is 279 g/mol. The molecule has 0 saturated carbocycles. The van der Waals surface area contributed by atoms with Crippen LogP contribution in [0.3, 0.4) is 0 Å². The summed E-state index contributed by atoms with van der Waals surface area (Å²) in [6.45, 7) is 0.450. The lowest BCUT2D eigenvalue weighted by Crippen LogP contribution is -2.52. The van der Waals surface area contributed by atoms with Gasteiger partial charge in [-0.15, -0.1) is 0 Å². The summed E-state index contributed by atoms with van der Waals surface area (Å²) >= 11 is 0. The molecule has 0 aliphatic carbocycles. The van der Waals surface area contributed by atoms with E-state index in [-0.39, 0.29) is 24.9 Å². The number of hydrogen-bond acceptors (Lipinski definition) is 4. The highest BCUT2D eigenvalue weighted by Crippen LogP contribution is 2.20. The number of carbonyl (C=O) groups excluding carboxylic acids is 1. The zero-order valence-corrected chi connectivity index (χ0v) is 10.5. The first-order chi connectivity index (χ1) is 8.86. The summed E-state index contributed by atoms with van der Waals surface area (Å²) in [6.07, 6.45) is -1.99. The monoisotopic (exact) mass is 279 g/mol. The number of nitrogens with zero attached hydrogens (tertiary/aromatic N) is 1. The van der Waals surface area contributed by atoms with E-state index in [0.717, 1.165) is 0 Å². The van der Waals surface area contributed by atoms with Crippen LogP contribution in [0.1, 0.15) is 12.8 Å². The number of aliphatic carboxylic acids is 1. The maximum Gasteiger partial charge on any atom is 0.303 e. The molecule has 2 atom stereocenters. The number of carboxylic acids is 1. The summed E-state index contributed by atoms with van der Waals surface area (Å²) < 4.78 is 24.3. The van der Waals surface area contributed by atoms with Crippen LogP contribution >= 0.6 is 0 Å². The van der Waals surface area contributed by atoms with Crippen LogP contribution in [-0.4, -0.2) is 60.5 Å². The molecule has 1 aliphatic heterocycles. The Balaban J connectivity index is 2.55. The minimum atomic E-state index is -2.45. The molecule has 0 radical (unpaired) electrons. The number of hydrogen-bond donors (Lipinski definition) is 3. The minimum absolute atomic E-state index is 0.0168. The van der Waals surface area contributed by atoms with Crippen molar-refractivity contribution < 1.29 is 23.5 Å². The lowest BCUT2D eigenvalue weighted by molar-refractivity contribution is -0.138. The van der Waals surface area contributed by atoms with Crippen LogP contribution < -0.4 is 11.1 Å². The number of nitrogens with one attached hydrogen (secondary N) is 1. The van der Waals surface area contributed by atoms with Crippen molar-refractivity contribution in [2.75, 3.05) is 26.2 Å². The smallest absolute Gasteiger partial charge is 0.303 e. The molecule has 1 saturated heterocycles. The van der Waals surface area contributed by atoms with Crippen LogP contribution in [0.15, 0.2) is 0 Å². The van der Waals surface area contributed by atoms with E-state index in [1.807, 2.05) is 0 Å². The first-order valence-electron chi connectivity index (χ1n) is 6.10. The second-order valence-corrected chi connectivity index (χ2v) is 4.86. The Morgan fingerprint density at radius 2 is 2.11 bits per heavy atom. The number of rotatable bonds is 7. The number of carboxylic acid groups (broad SMARTS) is 1. The van der Waals surface area contributed by atoms with Gasteiger partial charge in [0.25, 0.3) is 6.43 Å². The summed E-state index contributed by atoms with van der Waals surface area (Å²) in [6, 6.07) is -0.244. The van der Waals surface area contributed by atoms with Gasteiger partial charge < -0.3 is 16.2 Å². The van der Waals surface area contributed by atoms with Crippen LogP contribution in [0, 0.1) is 5.92 Å². The van der Waals surface area contributed by atoms with Gasteiger partial charge in [0, 0.05) is 25.6 Å². The number of nitrogens with two attached hydrogens (primary N) is 1. The topological polar surface area (TPSA) is 95.7 Å². The van der Waals surface area contributed by atoms with Crippen LogP contribution in [0.2, 0.25) is 0 Å². The normalized spacial score (nSPS) is 24.6. The molecule has 0 aromatic rings. The lowest BCUT2D eigenvalue weighted by Gasteiger charge is -2.37.